The molecule has 0 fully saturated rings. The summed E-state index contributed by atoms with van der Waals surface area (Å²) in [7, 11) is 1.30. The van der Waals surface area contributed by atoms with Crippen LogP contribution in [-0.2, 0) is 4.74 Å². The van der Waals surface area contributed by atoms with Gasteiger partial charge in [0.05, 0.1) is 12.7 Å². The molecule has 0 spiro atoms. The molecule has 0 saturated carbocycles. The Morgan fingerprint density at radius 1 is 1.09 bits per heavy atom. The number of hydrogen-bond acceptors (Lipinski definition) is 4. The maximum absolute atomic E-state index is 11.9. The molecule has 2 rings (SSSR count). The van der Waals surface area contributed by atoms with Crippen molar-refractivity contribution in [3.63, 3.8) is 0 Å². The summed E-state index contributed by atoms with van der Waals surface area (Å²) in [5.74, 6) is -0.143. The van der Waals surface area contributed by atoms with Crippen molar-refractivity contribution in [3.8, 4) is 5.75 Å². The predicted octanol–water partition coefficient (Wildman–Crippen LogP) is 4.05. The van der Waals surface area contributed by atoms with Gasteiger partial charge in [0.1, 0.15) is 5.75 Å². The molecule has 0 aliphatic carbocycles. The number of anilines is 1. The Kier molecular flexibility index (Phi) is 5.01. The van der Waals surface area contributed by atoms with Crippen LogP contribution in [-0.4, -0.2) is 19.2 Å². The quantitative estimate of drug-likeness (QED) is 0.867. The van der Waals surface area contributed by atoms with Crippen LogP contribution in [0.25, 0.3) is 0 Å². The third kappa shape index (κ3) is 3.77. The van der Waals surface area contributed by atoms with Gasteiger partial charge in [-0.25, -0.2) is 9.59 Å². The van der Waals surface area contributed by atoms with Gasteiger partial charge in [-0.05, 0) is 48.9 Å². The molecule has 0 aliphatic rings. The van der Waals surface area contributed by atoms with Gasteiger partial charge in [-0.1, -0.05) is 17.7 Å². The molecule has 0 heterocycles. The van der Waals surface area contributed by atoms with E-state index in [1.165, 1.54) is 31.4 Å². The van der Waals surface area contributed by atoms with Crippen molar-refractivity contribution < 1.29 is 19.1 Å². The molecule has 114 valence electrons. The van der Waals surface area contributed by atoms with E-state index in [-0.39, 0.29) is 0 Å². The topological polar surface area (TPSA) is 64.6 Å². The predicted molar refractivity (Wildman–Crippen MR) is 83.6 cm³/mol. The van der Waals surface area contributed by atoms with E-state index >= 15 is 0 Å². The summed E-state index contributed by atoms with van der Waals surface area (Å²) in [5, 5.41) is 3.17. The first-order valence-electron chi connectivity index (χ1n) is 6.43. The van der Waals surface area contributed by atoms with Gasteiger partial charge >= 0.3 is 12.1 Å². The summed E-state index contributed by atoms with van der Waals surface area (Å²) in [6, 6.07) is 11.2. The standard InChI is InChI=1S/C16H14ClNO4/c1-10-13(17)4-3-5-14(10)18-16(20)22-12-8-6-11(7-9-12)15(19)21-2/h3-9H,1-2H3,(H,18,20). The Balaban J connectivity index is 2.03. The fraction of sp³-hybridized carbons (Fsp3) is 0.125. The molecule has 0 atom stereocenters. The Morgan fingerprint density at radius 3 is 2.41 bits per heavy atom. The van der Waals surface area contributed by atoms with Gasteiger partial charge < -0.3 is 9.47 Å². The highest BCUT2D eigenvalue weighted by atomic mass is 35.5. The molecule has 0 unspecified atom stereocenters. The molecule has 0 bridgehead atoms. The lowest BCUT2D eigenvalue weighted by Gasteiger charge is -2.10. The van der Waals surface area contributed by atoms with Crippen molar-refractivity contribution >= 4 is 29.4 Å². The lowest BCUT2D eigenvalue weighted by Crippen LogP contribution is -2.17. The number of carbonyl (C=O) groups excluding carboxylic acids is 2. The number of carbonyl (C=O) groups is 2. The van der Waals surface area contributed by atoms with E-state index in [0.29, 0.717) is 22.0 Å². The number of nitrogens with one attached hydrogen (secondary N) is 1. The second kappa shape index (κ2) is 6.95. The van der Waals surface area contributed by atoms with E-state index in [1.807, 2.05) is 0 Å². The molecular weight excluding hydrogens is 306 g/mol. The van der Waals surface area contributed by atoms with Gasteiger partial charge in [-0.3, -0.25) is 5.32 Å². The molecule has 2 aromatic rings. The van der Waals surface area contributed by atoms with Crippen LogP contribution in [0.1, 0.15) is 15.9 Å². The molecule has 22 heavy (non-hydrogen) atoms. The van der Waals surface area contributed by atoms with Crippen LogP contribution in [0.2, 0.25) is 5.02 Å². The molecule has 6 heteroatoms. The fourth-order valence-corrected chi connectivity index (χ4v) is 1.94. The SMILES string of the molecule is COC(=O)c1ccc(OC(=O)Nc2cccc(Cl)c2C)cc1. The van der Waals surface area contributed by atoms with E-state index < -0.39 is 12.1 Å². The van der Waals surface area contributed by atoms with Crippen molar-refractivity contribution in [1.29, 1.82) is 0 Å². The Hall–Kier alpha value is -2.53. The monoisotopic (exact) mass is 319 g/mol. The van der Waals surface area contributed by atoms with Crippen molar-refractivity contribution in [2.75, 3.05) is 12.4 Å². The highest BCUT2D eigenvalue weighted by molar-refractivity contribution is 6.31. The summed E-state index contributed by atoms with van der Waals surface area (Å²) < 4.78 is 9.73. The maximum atomic E-state index is 11.9. The van der Waals surface area contributed by atoms with Crippen molar-refractivity contribution in [1.82, 2.24) is 0 Å². The molecule has 1 N–H and O–H groups in total. The van der Waals surface area contributed by atoms with Crippen LogP contribution in [0.3, 0.4) is 0 Å². The van der Waals surface area contributed by atoms with E-state index in [2.05, 4.69) is 10.1 Å². The van der Waals surface area contributed by atoms with Crippen LogP contribution >= 0.6 is 11.6 Å². The fourth-order valence-electron chi connectivity index (χ4n) is 1.76. The Labute approximate surface area is 132 Å². The largest absolute Gasteiger partial charge is 0.465 e. The minimum atomic E-state index is -0.642. The molecule has 1 amide bonds. The zero-order chi connectivity index (χ0) is 16.1. The van der Waals surface area contributed by atoms with Crippen LogP contribution in [0.4, 0.5) is 10.5 Å². The lowest BCUT2D eigenvalue weighted by molar-refractivity contribution is 0.0600. The first-order valence-corrected chi connectivity index (χ1v) is 6.81. The van der Waals surface area contributed by atoms with Gasteiger partial charge in [0.2, 0.25) is 0 Å². The van der Waals surface area contributed by atoms with Gasteiger partial charge in [-0.15, -0.1) is 0 Å². The van der Waals surface area contributed by atoms with Gasteiger partial charge in [-0.2, -0.15) is 0 Å². The van der Waals surface area contributed by atoms with Crippen LogP contribution in [0, 0.1) is 6.92 Å². The number of methoxy groups -OCH3 is 1. The Bertz CT molecular complexity index is 698. The molecule has 2 aromatic carbocycles. The van der Waals surface area contributed by atoms with E-state index in [9.17, 15) is 9.59 Å². The molecule has 0 saturated heterocycles. The van der Waals surface area contributed by atoms with Crippen LogP contribution < -0.4 is 10.1 Å². The van der Waals surface area contributed by atoms with Crippen LogP contribution in [0.5, 0.6) is 5.75 Å². The number of esters is 1. The summed E-state index contributed by atoms with van der Waals surface area (Å²) in [4.78, 5) is 23.2. The Morgan fingerprint density at radius 2 is 1.77 bits per heavy atom. The molecule has 0 aliphatic heterocycles. The zero-order valence-electron chi connectivity index (χ0n) is 12.1. The van der Waals surface area contributed by atoms with E-state index in [1.54, 1.807) is 25.1 Å². The summed E-state index contributed by atoms with van der Waals surface area (Å²) in [6.07, 6.45) is -0.642. The van der Waals surface area contributed by atoms with E-state index in [4.69, 9.17) is 16.3 Å². The number of halogens is 1. The van der Waals surface area contributed by atoms with Crippen LogP contribution in [0.15, 0.2) is 42.5 Å². The lowest BCUT2D eigenvalue weighted by atomic mass is 10.2. The third-order valence-corrected chi connectivity index (χ3v) is 3.40. The third-order valence-electron chi connectivity index (χ3n) is 2.99. The smallest absolute Gasteiger partial charge is 0.417 e. The molecule has 0 aromatic heterocycles. The normalized spacial score (nSPS) is 9.95. The minimum Gasteiger partial charge on any atom is -0.465 e. The highest BCUT2D eigenvalue weighted by Crippen LogP contribution is 2.23. The van der Waals surface area contributed by atoms with E-state index in [0.717, 1.165) is 5.56 Å². The molecule has 0 radical (unpaired) electrons. The average molecular weight is 320 g/mol. The molecule has 5 nitrogen and oxygen atoms in total. The highest BCUT2D eigenvalue weighted by Gasteiger charge is 2.10. The van der Waals surface area contributed by atoms with Crippen molar-refractivity contribution in [2.45, 2.75) is 6.92 Å². The number of benzene rings is 2. The average Bonchev–Trinajstić information content (AvgIpc) is 2.52. The second-order valence-corrected chi connectivity index (χ2v) is 4.85. The van der Waals surface area contributed by atoms with Crippen molar-refractivity contribution in [3.05, 3.63) is 58.6 Å². The minimum absolute atomic E-state index is 0.310. The number of ether oxygens (including phenoxy) is 2. The molecular formula is C16H14ClNO4. The number of hydrogen-bond donors (Lipinski definition) is 1. The first kappa shape index (κ1) is 15.9. The van der Waals surface area contributed by atoms with Crippen molar-refractivity contribution in [2.24, 2.45) is 0 Å². The zero-order valence-corrected chi connectivity index (χ0v) is 12.8. The summed E-state index contributed by atoms with van der Waals surface area (Å²) >= 11 is 5.98. The summed E-state index contributed by atoms with van der Waals surface area (Å²) in [6.45, 7) is 1.79. The van der Waals surface area contributed by atoms with Gasteiger partial charge in [0.15, 0.2) is 0 Å². The first-order chi connectivity index (χ1) is 10.5. The van der Waals surface area contributed by atoms with Gasteiger partial charge in [0.25, 0.3) is 0 Å². The summed E-state index contributed by atoms with van der Waals surface area (Å²) in [5.41, 5.74) is 1.70. The maximum Gasteiger partial charge on any atom is 0.417 e. The second-order valence-electron chi connectivity index (χ2n) is 4.44. The number of rotatable bonds is 3. The number of amides is 1. The van der Waals surface area contributed by atoms with Gasteiger partial charge in [0, 0.05) is 10.7 Å².